The Kier molecular flexibility index (Phi) is 8.62. The Morgan fingerprint density at radius 1 is 0.824 bits per heavy atom. The number of nitrogens with one attached hydrogen (secondary N) is 3. The van der Waals surface area contributed by atoms with Gasteiger partial charge < -0.3 is 16.0 Å². The van der Waals surface area contributed by atoms with Crippen LogP contribution in [-0.2, 0) is 27.3 Å². The molecule has 0 saturated heterocycles. The number of nitrogens with zero attached hydrogens (tertiary/aromatic N) is 1. The molecule has 0 aliphatic rings. The first-order valence-corrected chi connectivity index (χ1v) is 10.9. The second kappa shape index (κ2) is 12.1. The van der Waals surface area contributed by atoms with Crippen LogP contribution < -0.4 is 16.0 Å². The highest BCUT2D eigenvalue weighted by Gasteiger charge is 2.29. The number of Topliss-reactive ketones (excluding diaryl/α,β-unsaturated/α-hetero) is 1. The SMILES string of the molecule is C[C@@H](NC(=O)c1ccccc1)C(=O)N[C@H](Cc1ccccc1)C(=O)C(=O)NCc1ccccn1. The molecular weight excluding hydrogens is 432 g/mol. The molecule has 2 atom stereocenters. The van der Waals surface area contributed by atoms with E-state index in [-0.39, 0.29) is 13.0 Å². The monoisotopic (exact) mass is 458 g/mol. The molecule has 8 nitrogen and oxygen atoms in total. The van der Waals surface area contributed by atoms with E-state index in [1.807, 2.05) is 18.2 Å². The third-order valence-electron chi connectivity index (χ3n) is 5.07. The molecule has 8 heteroatoms. The largest absolute Gasteiger partial charge is 0.344 e. The topological polar surface area (TPSA) is 117 Å². The van der Waals surface area contributed by atoms with Crippen molar-refractivity contribution in [1.82, 2.24) is 20.9 Å². The molecule has 0 aliphatic carbocycles. The van der Waals surface area contributed by atoms with Crippen LogP contribution in [-0.4, -0.2) is 40.6 Å². The minimum absolute atomic E-state index is 0.0843. The molecule has 0 unspecified atom stereocenters. The van der Waals surface area contributed by atoms with E-state index in [9.17, 15) is 19.2 Å². The number of carbonyl (C=O) groups is 4. The van der Waals surface area contributed by atoms with E-state index in [0.29, 0.717) is 11.3 Å². The zero-order chi connectivity index (χ0) is 24.3. The molecule has 34 heavy (non-hydrogen) atoms. The quantitative estimate of drug-likeness (QED) is 0.401. The lowest BCUT2D eigenvalue weighted by Crippen LogP contribution is -2.53. The van der Waals surface area contributed by atoms with Crippen molar-refractivity contribution >= 4 is 23.5 Å². The minimum Gasteiger partial charge on any atom is -0.344 e. The summed E-state index contributed by atoms with van der Waals surface area (Å²) in [7, 11) is 0. The lowest BCUT2D eigenvalue weighted by Gasteiger charge is -2.21. The van der Waals surface area contributed by atoms with Gasteiger partial charge in [0.05, 0.1) is 12.2 Å². The smallest absolute Gasteiger partial charge is 0.289 e. The van der Waals surface area contributed by atoms with Crippen molar-refractivity contribution in [2.45, 2.75) is 32.0 Å². The van der Waals surface area contributed by atoms with Crippen LogP contribution in [0.15, 0.2) is 85.1 Å². The van der Waals surface area contributed by atoms with Gasteiger partial charge in [-0.15, -0.1) is 0 Å². The molecule has 3 aromatic rings. The number of amides is 3. The summed E-state index contributed by atoms with van der Waals surface area (Å²) in [5.74, 6) is -2.60. The normalized spacial score (nSPS) is 12.1. The number of aromatic nitrogens is 1. The van der Waals surface area contributed by atoms with Crippen molar-refractivity contribution in [2.75, 3.05) is 0 Å². The molecule has 0 radical (unpaired) electrons. The standard InChI is InChI=1S/C26H26N4O4/c1-18(29-25(33)20-12-6-3-7-13-20)24(32)30-22(16-19-10-4-2-5-11-19)23(31)26(34)28-17-21-14-8-9-15-27-21/h2-15,18,22H,16-17H2,1H3,(H,28,34)(H,29,33)(H,30,32)/t18-,22-/m1/s1. The molecule has 1 heterocycles. The van der Waals surface area contributed by atoms with Gasteiger partial charge >= 0.3 is 0 Å². The zero-order valence-electron chi connectivity index (χ0n) is 18.7. The molecule has 1 aromatic heterocycles. The molecule has 0 fully saturated rings. The predicted octanol–water partition coefficient (Wildman–Crippen LogP) is 1.81. The summed E-state index contributed by atoms with van der Waals surface area (Å²) >= 11 is 0. The van der Waals surface area contributed by atoms with Gasteiger partial charge in [0.15, 0.2) is 0 Å². The first-order valence-electron chi connectivity index (χ1n) is 10.9. The average molecular weight is 459 g/mol. The van der Waals surface area contributed by atoms with Gasteiger partial charge in [-0.05, 0) is 36.8 Å². The van der Waals surface area contributed by atoms with Crippen LogP contribution in [0, 0.1) is 0 Å². The zero-order valence-corrected chi connectivity index (χ0v) is 18.7. The van der Waals surface area contributed by atoms with Crippen molar-refractivity contribution in [3.63, 3.8) is 0 Å². The Hall–Kier alpha value is -4.33. The number of hydrogen-bond donors (Lipinski definition) is 3. The van der Waals surface area contributed by atoms with Gasteiger partial charge in [-0.25, -0.2) is 0 Å². The van der Waals surface area contributed by atoms with E-state index in [1.54, 1.807) is 66.9 Å². The van der Waals surface area contributed by atoms with Gasteiger partial charge in [0.25, 0.3) is 11.8 Å². The van der Waals surface area contributed by atoms with Gasteiger partial charge in [-0.2, -0.15) is 0 Å². The number of benzene rings is 2. The summed E-state index contributed by atoms with van der Waals surface area (Å²) in [5.41, 5.74) is 1.79. The Morgan fingerprint density at radius 2 is 1.47 bits per heavy atom. The van der Waals surface area contributed by atoms with Crippen molar-refractivity contribution in [3.05, 3.63) is 102 Å². The molecule has 0 saturated carbocycles. The van der Waals surface area contributed by atoms with Crippen molar-refractivity contribution < 1.29 is 19.2 Å². The summed E-state index contributed by atoms with van der Waals surface area (Å²) in [6.45, 7) is 1.60. The predicted molar refractivity (Wildman–Crippen MR) is 127 cm³/mol. The molecular formula is C26H26N4O4. The summed E-state index contributed by atoms with van der Waals surface area (Å²) in [6.07, 6.45) is 1.72. The third kappa shape index (κ3) is 7.09. The van der Waals surface area contributed by atoms with Crippen molar-refractivity contribution in [2.24, 2.45) is 0 Å². The molecule has 2 aromatic carbocycles. The van der Waals surface area contributed by atoms with Gasteiger partial charge in [0.2, 0.25) is 11.7 Å². The maximum atomic E-state index is 12.9. The maximum absolute atomic E-state index is 12.9. The Morgan fingerprint density at radius 3 is 2.12 bits per heavy atom. The summed E-state index contributed by atoms with van der Waals surface area (Å²) in [5, 5.41) is 7.78. The van der Waals surface area contributed by atoms with E-state index < -0.39 is 35.6 Å². The lowest BCUT2D eigenvalue weighted by atomic mass is 10.0. The fraction of sp³-hybridized carbons (Fsp3) is 0.192. The van der Waals surface area contributed by atoms with E-state index >= 15 is 0 Å². The molecule has 3 amide bonds. The molecule has 0 spiro atoms. The van der Waals surface area contributed by atoms with Crippen LogP contribution >= 0.6 is 0 Å². The van der Waals surface area contributed by atoms with Crippen LogP contribution in [0.2, 0.25) is 0 Å². The number of carbonyl (C=O) groups excluding carboxylic acids is 4. The summed E-state index contributed by atoms with van der Waals surface area (Å²) in [4.78, 5) is 54.8. The van der Waals surface area contributed by atoms with Crippen LogP contribution in [0.4, 0.5) is 0 Å². The second-order valence-corrected chi connectivity index (χ2v) is 7.68. The van der Waals surface area contributed by atoms with Crippen LogP contribution in [0.25, 0.3) is 0 Å². The highest BCUT2D eigenvalue weighted by Crippen LogP contribution is 2.06. The van der Waals surface area contributed by atoms with Crippen molar-refractivity contribution in [3.8, 4) is 0 Å². The first kappa shape index (κ1) is 24.3. The average Bonchev–Trinajstić information content (AvgIpc) is 2.88. The van der Waals surface area contributed by atoms with Gasteiger partial charge in [0.1, 0.15) is 12.1 Å². The maximum Gasteiger partial charge on any atom is 0.289 e. The Balaban J connectivity index is 1.66. The molecule has 3 N–H and O–H groups in total. The van der Waals surface area contributed by atoms with Crippen LogP contribution in [0.3, 0.4) is 0 Å². The van der Waals surface area contributed by atoms with E-state index in [0.717, 1.165) is 5.56 Å². The van der Waals surface area contributed by atoms with Gasteiger partial charge in [-0.3, -0.25) is 24.2 Å². The Labute approximate surface area is 197 Å². The van der Waals surface area contributed by atoms with Gasteiger partial charge in [-0.1, -0.05) is 54.6 Å². The number of rotatable bonds is 10. The van der Waals surface area contributed by atoms with Crippen LogP contribution in [0.5, 0.6) is 0 Å². The van der Waals surface area contributed by atoms with E-state index in [1.165, 1.54) is 6.92 Å². The summed E-state index contributed by atoms with van der Waals surface area (Å²) in [6, 6.07) is 20.8. The first-order chi connectivity index (χ1) is 16.4. The molecule has 0 aliphatic heterocycles. The number of ketones is 1. The highest BCUT2D eigenvalue weighted by molar-refractivity contribution is 6.38. The third-order valence-corrected chi connectivity index (χ3v) is 5.07. The van der Waals surface area contributed by atoms with E-state index in [4.69, 9.17) is 0 Å². The molecule has 0 bridgehead atoms. The van der Waals surface area contributed by atoms with Crippen molar-refractivity contribution in [1.29, 1.82) is 0 Å². The fourth-order valence-electron chi connectivity index (χ4n) is 3.21. The molecule has 3 rings (SSSR count). The van der Waals surface area contributed by atoms with E-state index in [2.05, 4.69) is 20.9 Å². The molecule has 174 valence electrons. The fourth-order valence-corrected chi connectivity index (χ4v) is 3.21. The number of hydrogen-bond acceptors (Lipinski definition) is 5. The highest BCUT2D eigenvalue weighted by atomic mass is 16.2. The van der Waals surface area contributed by atoms with Crippen LogP contribution in [0.1, 0.15) is 28.5 Å². The summed E-state index contributed by atoms with van der Waals surface area (Å²) < 4.78 is 0. The Bertz CT molecular complexity index is 1120. The second-order valence-electron chi connectivity index (χ2n) is 7.68. The van der Waals surface area contributed by atoms with Gasteiger partial charge in [0, 0.05) is 18.2 Å². The minimum atomic E-state index is -1.10. The number of pyridine rings is 1. The lowest BCUT2D eigenvalue weighted by molar-refractivity contribution is -0.140.